The number of nitrogens with zero attached hydrogens (tertiary/aromatic N) is 1. The zero-order valence-corrected chi connectivity index (χ0v) is 24.9. The van der Waals surface area contributed by atoms with Gasteiger partial charge < -0.3 is 4.90 Å². The number of fused-ring (bicyclic) bond motifs is 10. The van der Waals surface area contributed by atoms with Crippen LogP contribution in [0.25, 0.3) is 54.2 Å². The first-order chi connectivity index (χ1) is 21.6. The lowest BCUT2D eigenvalue weighted by Gasteiger charge is -2.28. The van der Waals surface area contributed by atoms with Crippen molar-refractivity contribution in [1.29, 1.82) is 0 Å². The summed E-state index contributed by atoms with van der Waals surface area (Å²) in [4.78, 5) is 2.40. The topological polar surface area (TPSA) is 3.24 Å². The number of anilines is 3. The average molecular weight is 562 g/mol. The molecule has 0 radical (unpaired) electrons. The zero-order valence-electron chi connectivity index (χ0n) is 24.9. The van der Waals surface area contributed by atoms with E-state index in [-0.39, 0.29) is 5.41 Å². The second-order valence-electron chi connectivity index (χ2n) is 12.6. The van der Waals surface area contributed by atoms with Gasteiger partial charge in [0, 0.05) is 22.5 Å². The van der Waals surface area contributed by atoms with Crippen LogP contribution in [-0.4, -0.2) is 0 Å². The largest absolute Gasteiger partial charge is 0.310 e. The fraction of sp³-hybridized carbons (Fsp3) is 0.0698. The minimum atomic E-state index is -0.0577. The maximum absolute atomic E-state index is 2.41. The molecule has 0 fully saturated rings. The summed E-state index contributed by atoms with van der Waals surface area (Å²) in [5.41, 5.74) is 8.89. The Morgan fingerprint density at radius 2 is 1.02 bits per heavy atom. The molecule has 0 amide bonds. The predicted octanol–water partition coefficient (Wildman–Crippen LogP) is 12.1. The highest BCUT2D eigenvalue weighted by Gasteiger charge is 2.35. The molecule has 8 aromatic rings. The molecule has 0 spiro atoms. The molecular weight excluding hydrogens is 530 g/mol. The zero-order chi connectivity index (χ0) is 29.4. The Hall–Kier alpha value is -5.40. The van der Waals surface area contributed by atoms with E-state index in [4.69, 9.17) is 0 Å². The summed E-state index contributed by atoms with van der Waals surface area (Å²) in [5.74, 6) is 0. The summed E-state index contributed by atoms with van der Waals surface area (Å²) in [6, 6.07) is 56.0. The van der Waals surface area contributed by atoms with Crippen molar-refractivity contribution in [3.05, 3.63) is 163 Å². The Balaban J connectivity index is 1.25. The molecule has 208 valence electrons. The lowest BCUT2D eigenvalue weighted by atomic mass is 9.82. The van der Waals surface area contributed by atoms with Crippen LogP contribution >= 0.6 is 0 Å². The van der Waals surface area contributed by atoms with Crippen molar-refractivity contribution in [3.8, 4) is 11.1 Å². The molecule has 0 atom stereocenters. The summed E-state index contributed by atoms with van der Waals surface area (Å²) in [5, 5.41) is 10.3. The fourth-order valence-electron chi connectivity index (χ4n) is 7.63. The van der Waals surface area contributed by atoms with Crippen molar-refractivity contribution < 1.29 is 0 Å². The molecule has 44 heavy (non-hydrogen) atoms. The summed E-state index contributed by atoms with van der Waals surface area (Å²) in [6.45, 7) is 4.70. The smallest absolute Gasteiger partial charge is 0.0468 e. The molecule has 1 aliphatic carbocycles. The van der Waals surface area contributed by atoms with E-state index in [2.05, 4.69) is 170 Å². The van der Waals surface area contributed by atoms with Crippen molar-refractivity contribution in [2.75, 3.05) is 4.90 Å². The number of benzene rings is 8. The SMILES string of the molecule is CC1(C)c2ccccc2-c2ccc(N(c3ccccc3)c3ccc4c(ccc5ccc6c7ccccc7ccc6c54)c3)cc21. The van der Waals surface area contributed by atoms with Crippen molar-refractivity contribution in [2.45, 2.75) is 19.3 Å². The predicted molar refractivity (Wildman–Crippen MR) is 189 cm³/mol. The molecule has 0 heterocycles. The van der Waals surface area contributed by atoms with Gasteiger partial charge in [0.15, 0.2) is 0 Å². The van der Waals surface area contributed by atoms with Crippen LogP contribution in [0.2, 0.25) is 0 Å². The molecular formula is C43H31N. The Morgan fingerprint density at radius 1 is 0.386 bits per heavy atom. The van der Waals surface area contributed by atoms with E-state index in [9.17, 15) is 0 Å². The van der Waals surface area contributed by atoms with Crippen LogP contribution in [0.15, 0.2) is 152 Å². The van der Waals surface area contributed by atoms with Crippen LogP contribution in [0.1, 0.15) is 25.0 Å². The first kappa shape index (κ1) is 25.1. The van der Waals surface area contributed by atoms with Crippen LogP contribution in [-0.2, 0) is 5.41 Å². The first-order valence-corrected chi connectivity index (χ1v) is 15.4. The molecule has 1 aliphatic rings. The second-order valence-corrected chi connectivity index (χ2v) is 12.6. The van der Waals surface area contributed by atoms with Gasteiger partial charge in [-0.05, 0) is 102 Å². The third-order valence-electron chi connectivity index (χ3n) is 9.80. The molecule has 9 rings (SSSR count). The van der Waals surface area contributed by atoms with E-state index in [0.717, 1.165) is 11.4 Å². The van der Waals surface area contributed by atoms with Gasteiger partial charge in [0.25, 0.3) is 0 Å². The number of para-hydroxylation sites is 1. The van der Waals surface area contributed by atoms with E-state index >= 15 is 0 Å². The van der Waals surface area contributed by atoms with E-state index in [1.54, 1.807) is 0 Å². The highest BCUT2D eigenvalue weighted by atomic mass is 15.1. The van der Waals surface area contributed by atoms with E-state index in [1.807, 2.05) is 0 Å². The van der Waals surface area contributed by atoms with E-state index in [0.29, 0.717) is 0 Å². The minimum Gasteiger partial charge on any atom is -0.310 e. The third-order valence-corrected chi connectivity index (χ3v) is 9.80. The summed E-state index contributed by atoms with van der Waals surface area (Å²) >= 11 is 0. The van der Waals surface area contributed by atoms with Gasteiger partial charge in [-0.2, -0.15) is 0 Å². The quantitative estimate of drug-likeness (QED) is 0.194. The maximum Gasteiger partial charge on any atom is 0.0468 e. The highest BCUT2D eigenvalue weighted by Crippen LogP contribution is 2.50. The monoisotopic (exact) mass is 561 g/mol. The number of rotatable bonds is 3. The minimum absolute atomic E-state index is 0.0577. The third kappa shape index (κ3) is 3.59. The molecule has 1 nitrogen and oxygen atoms in total. The van der Waals surface area contributed by atoms with Crippen molar-refractivity contribution in [1.82, 2.24) is 0 Å². The van der Waals surface area contributed by atoms with Crippen LogP contribution < -0.4 is 4.90 Å². The van der Waals surface area contributed by atoms with Crippen LogP contribution in [0.4, 0.5) is 17.1 Å². The standard InChI is InChI=1S/C43H31N/c1-43(2)40-15-9-8-14-37(40)38-25-21-33(27-41(38)43)44(31-11-4-3-5-12-31)32-20-24-35-30(26-32)17-16-29-19-22-36-34-13-7-6-10-28(34)18-23-39(36)42(29)35/h3-27H,1-2H3. The first-order valence-electron chi connectivity index (χ1n) is 15.4. The van der Waals surface area contributed by atoms with Crippen LogP contribution in [0, 0.1) is 0 Å². The number of hydrogen-bond acceptors (Lipinski definition) is 1. The molecule has 0 aliphatic heterocycles. The Labute approximate surface area is 257 Å². The lowest BCUT2D eigenvalue weighted by molar-refractivity contribution is 0.660. The van der Waals surface area contributed by atoms with Gasteiger partial charge in [0.2, 0.25) is 0 Å². The Bertz CT molecular complexity index is 2420. The van der Waals surface area contributed by atoms with E-state index < -0.39 is 0 Å². The average Bonchev–Trinajstić information content (AvgIpc) is 3.30. The maximum atomic E-state index is 2.41. The second kappa shape index (κ2) is 9.30. The van der Waals surface area contributed by atoms with Crippen molar-refractivity contribution in [3.63, 3.8) is 0 Å². The van der Waals surface area contributed by atoms with E-state index in [1.165, 1.54) is 71.0 Å². The Kier molecular flexibility index (Phi) is 5.31. The van der Waals surface area contributed by atoms with Crippen LogP contribution in [0.5, 0.6) is 0 Å². The summed E-state index contributed by atoms with van der Waals surface area (Å²) in [7, 11) is 0. The van der Waals surface area contributed by atoms with Crippen molar-refractivity contribution >= 4 is 60.2 Å². The molecule has 0 saturated heterocycles. The molecule has 0 N–H and O–H groups in total. The normalized spacial score (nSPS) is 13.4. The Morgan fingerprint density at radius 3 is 1.93 bits per heavy atom. The van der Waals surface area contributed by atoms with Gasteiger partial charge in [0.1, 0.15) is 0 Å². The molecule has 0 saturated carbocycles. The van der Waals surface area contributed by atoms with Crippen LogP contribution in [0.3, 0.4) is 0 Å². The molecule has 1 heteroatoms. The van der Waals surface area contributed by atoms with Gasteiger partial charge in [-0.15, -0.1) is 0 Å². The van der Waals surface area contributed by atoms with Crippen molar-refractivity contribution in [2.24, 2.45) is 0 Å². The molecule has 0 aromatic heterocycles. The summed E-state index contributed by atoms with van der Waals surface area (Å²) < 4.78 is 0. The van der Waals surface area contributed by atoms with Gasteiger partial charge in [-0.1, -0.05) is 129 Å². The van der Waals surface area contributed by atoms with Gasteiger partial charge in [0.05, 0.1) is 0 Å². The van der Waals surface area contributed by atoms with Gasteiger partial charge >= 0.3 is 0 Å². The van der Waals surface area contributed by atoms with Gasteiger partial charge in [-0.25, -0.2) is 0 Å². The molecule has 0 bridgehead atoms. The lowest BCUT2D eigenvalue weighted by Crippen LogP contribution is -2.16. The fourth-order valence-corrected chi connectivity index (χ4v) is 7.63. The molecule has 8 aromatic carbocycles. The number of hydrogen-bond donors (Lipinski definition) is 0. The summed E-state index contributed by atoms with van der Waals surface area (Å²) in [6.07, 6.45) is 0. The molecule has 0 unspecified atom stereocenters. The highest BCUT2D eigenvalue weighted by molar-refractivity contribution is 6.24. The van der Waals surface area contributed by atoms with Gasteiger partial charge in [-0.3, -0.25) is 0 Å².